The molecule has 3 heteroatoms. The standard InChI is InChI=1S/C11H10ClNO/c1-2-14-8-10(7-13)9-3-5-11(12)6-4-9/h3-6,8H,2H2,1H3. The first-order valence-corrected chi connectivity index (χ1v) is 4.63. The van der Waals surface area contributed by atoms with Gasteiger partial charge in [-0.05, 0) is 24.6 Å². The Morgan fingerprint density at radius 2 is 2.14 bits per heavy atom. The zero-order valence-corrected chi connectivity index (χ0v) is 8.58. The minimum absolute atomic E-state index is 0.503. The number of hydrogen-bond acceptors (Lipinski definition) is 2. The van der Waals surface area contributed by atoms with E-state index in [-0.39, 0.29) is 0 Å². The van der Waals surface area contributed by atoms with Crippen LogP contribution < -0.4 is 0 Å². The molecular formula is C11H10ClNO. The zero-order chi connectivity index (χ0) is 10.4. The summed E-state index contributed by atoms with van der Waals surface area (Å²) in [6, 6.07) is 9.13. The Morgan fingerprint density at radius 1 is 1.50 bits per heavy atom. The lowest BCUT2D eigenvalue weighted by molar-refractivity contribution is 0.271. The normalized spacial score (nSPS) is 10.8. The van der Waals surface area contributed by atoms with Gasteiger partial charge in [0.15, 0.2) is 0 Å². The maximum atomic E-state index is 8.84. The van der Waals surface area contributed by atoms with Gasteiger partial charge in [0, 0.05) is 5.02 Å². The predicted molar refractivity (Wildman–Crippen MR) is 56.7 cm³/mol. The van der Waals surface area contributed by atoms with Crippen LogP contribution in [0.4, 0.5) is 0 Å². The number of benzene rings is 1. The van der Waals surface area contributed by atoms with Gasteiger partial charge in [-0.2, -0.15) is 5.26 Å². The van der Waals surface area contributed by atoms with Gasteiger partial charge in [-0.15, -0.1) is 0 Å². The van der Waals surface area contributed by atoms with E-state index in [0.29, 0.717) is 17.2 Å². The Morgan fingerprint density at radius 3 is 2.64 bits per heavy atom. The van der Waals surface area contributed by atoms with Gasteiger partial charge in [-0.3, -0.25) is 0 Å². The van der Waals surface area contributed by atoms with Crippen LogP contribution in [0, 0.1) is 11.3 Å². The van der Waals surface area contributed by atoms with Crippen LogP contribution in [0.5, 0.6) is 0 Å². The molecule has 0 spiro atoms. The molecule has 0 unspecified atom stereocenters. The second-order valence-electron chi connectivity index (χ2n) is 2.61. The molecule has 0 aliphatic rings. The highest BCUT2D eigenvalue weighted by Crippen LogP contribution is 2.16. The van der Waals surface area contributed by atoms with Crippen LogP contribution in [-0.4, -0.2) is 6.61 Å². The molecule has 14 heavy (non-hydrogen) atoms. The van der Waals surface area contributed by atoms with Crippen LogP contribution in [-0.2, 0) is 4.74 Å². The molecule has 0 radical (unpaired) electrons. The molecule has 0 fully saturated rings. The fourth-order valence-electron chi connectivity index (χ4n) is 0.955. The van der Waals surface area contributed by atoms with Crippen LogP contribution in [0.25, 0.3) is 5.57 Å². The van der Waals surface area contributed by atoms with E-state index in [2.05, 4.69) is 6.07 Å². The smallest absolute Gasteiger partial charge is 0.103 e. The molecule has 1 aromatic rings. The summed E-state index contributed by atoms with van der Waals surface area (Å²) in [6.07, 6.45) is 1.46. The van der Waals surface area contributed by atoms with Crippen molar-refractivity contribution < 1.29 is 4.74 Å². The van der Waals surface area contributed by atoms with Gasteiger partial charge in [0.05, 0.1) is 12.2 Å². The van der Waals surface area contributed by atoms with Gasteiger partial charge in [-0.1, -0.05) is 23.7 Å². The van der Waals surface area contributed by atoms with Crippen molar-refractivity contribution in [3.05, 3.63) is 41.1 Å². The number of nitrogens with zero attached hydrogens (tertiary/aromatic N) is 1. The molecule has 0 bridgehead atoms. The van der Waals surface area contributed by atoms with Crippen molar-refractivity contribution >= 4 is 17.2 Å². The summed E-state index contributed by atoms with van der Waals surface area (Å²) >= 11 is 5.73. The lowest BCUT2D eigenvalue weighted by atomic mass is 10.1. The van der Waals surface area contributed by atoms with Crippen molar-refractivity contribution in [1.29, 1.82) is 5.26 Å². The summed E-state index contributed by atoms with van der Waals surface area (Å²) in [5.74, 6) is 0. The number of allylic oxidation sites excluding steroid dienone is 1. The largest absolute Gasteiger partial charge is 0.500 e. The highest BCUT2D eigenvalue weighted by molar-refractivity contribution is 6.30. The Labute approximate surface area is 88.4 Å². The average molecular weight is 208 g/mol. The summed E-state index contributed by atoms with van der Waals surface area (Å²) in [5.41, 5.74) is 1.31. The first kappa shape index (κ1) is 10.6. The maximum Gasteiger partial charge on any atom is 0.103 e. The van der Waals surface area contributed by atoms with Crippen molar-refractivity contribution in [1.82, 2.24) is 0 Å². The molecule has 2 nitrogen and oxygen atoms in total. The molecule has 1 aromatic carbocycles. The van der Waals surface area contributed by atoms with Crippen molar-refractivity contribution in [2.45, 2.75) is 6.92 Å². The minimum Gasteiger partial charge on any atom is -0.500 e. The lowest BCUT2D eigenvalue weighted by Gasteiger charge is -1.99. The van der Waals surface area contributed by atoms with E-state index >= 15 is 0 Å². The third kappa shape index (κ3) is 2.79. The Bertz CT molecular complexity index is 362. The van der Waals surface area contributed by atoms with Crippen LogP contribution in [0.3, 0.4) is 0 Å². The second kappa shape index (κ2) is 5.31. The van der Waals surface area contributed by atoms with Gasteiger partial charge < -0.3 is 4.74 Å². The summed E-state index contributed by atoms with van der Waals surface area (Å²) in [5, 5.41) is 9.50. The summed E-state index contributed by atoms with van der Waals surface area (Å²) in [4.78, 5) is 0. The van der Waals surface area contributed by atoms with Crippen molar-refractivity contribution in [3.63, 3.8) is 0 Å². The lowest BCUT2D eigenvalue weighted by Crippen LogP contribution is -1.84. The zero-order valence-electron chi connectivity index (χ0n) is 7.83. The Kier molecular flexibility index (Phi) is 4.03. The molecule has 72 valence electrons. The van der Waals surface area contributed by atoms with E-state index in [1.165, 1.54) is 6.26 Å². The van der Waals surface area contributed by atoms with E-state index in [0.717, 1.165) is 5.56 Å². The molecule has 0 aromatic heterocycles. The molecule has 0 saturated carbocycles. The minimum atomic E-state index is 0.503. The molecule has 0 amide bonds. The van der Waals surface area contributed by atoms with E-state index in [4.69, 9.17) is 21.6 Å². The quantitative estimate of drug-likeness (QED) is 0.563. The highest BCUT2D eigenvalue weighted by atomic mass is 35.5. The third-order valence-electron chi connectivity index (χ3n) is 1.64. The monoisotopic (exact) mass is 207 g/mol. The fraction of sp³-hybridized carbons (Fsp3) is 0.182. The van der Waals surface area contributed by atoms with Crippen molar-refractivity contribution in [3.8, 4) is 6.07 Å². The molecule has 1 rings (SSSR count). The molecule has 0 heterocycles. The summed E-state index contributed by atoms with van der Waals surface area (Å²) in [7, 11) is 0. The van der Waals surface area contributed by atoms with E-state index in [1.54, 1.807) is 24.3 Å². The van der Waals surface area contributed by atoms with Gasteiger partial charge in [0.1, 0.15) is 12.3 Å². The van der Waals surface area contributed by atoms with E-state index in [1.807, 2.05) is 6.92 Å². The van der Waals surface area contributed by atoms with Gasteiger partial charge in [-0.25, -0.2) is 0 Å². The fourth-order valence-corrected chi connectivity index (χ4v) is 1.08. The Hall–Kier alpha value is -1.46. The van der Waals surface area contributed by atoms with Crippen LogP contribution in [0.1, 0.15) is 12.5 Å². The first-order valence-electron chi connectivity index (χ1n) is 4.25. The third-order valence-corrected chi connectivity index (χ3v) is 1.90. The second-order valence-corrected chi connectivity index (χ2v) is 3.04. The average Bonchev–Trinajstić information content (AvgIpc) is 2.21. The van der Waals surface area contributed by atoms with Crippen LogP contribution in [0.2, 0.25) is 5.02 Å². The predicted octanol–water partition coefficient (Wildman–Crippen LogP) is 3.24. The number of hydrogen-bond donors (Lipinski definition) is 0. The van der Waals surface area contributed by atoms with Crippen LogP contribution >= 0.6 is 11.6 Å². The first-order chi connectivity index (χ1) is 6.77. The molecule has 0 saturated heterocycles. The maximum absolute atomic E-state index is 8.84. The Balaban J connectivity index is 2.91. The number of nitriles is 1. The summed E-state index contributed by atoms with van der Waals surface area (Å²) in [6.45, 7) is 2.42. The van der Waals surface area contributed by atoms with Crippen molar-refractivity contribution in [2.24, 2.45) is 0 Å². The molecule has 0 atom stereocenters. The molecule has 0 aliphatic carbocycles. The highest BCUT2D eigenvalue weighted by Gasteiger charge is 1.99. The van der Waals surface area contributed by atoms with Crippen molar-refractivity contribution in [2.75, 3.05) is 6.61 Å². The number of ether oxygens (including phenoxy) is 1. The van der Waals surface area contributed by atoms with Crippen LogP contribution in [0.15, 0.2) is 30.5 Å². The van der Waals surface area contributed by atoms with E-state index < -0.39 is 0 Å². The molecular weight excluding hydrogens is 198 g/mol. The molecule has 0 N–H and O–H groups in total. The number of halogens is 1. The topological polar surface area (TPSA) is 33.0 Å². The van der Waals surface area contributed by atoms with E-state index in [9.17, 15) is 0 Å². The van der Waals surface area contributed by atoms with Gasteiger partial charge in [0.2, 0.25) is 0 Å². The summed E-state index contributed by atoms with van der Waals surface area (Å²) < 4.78 is 5.05. The van der Waals surface area contributed by atoms with Gasteiger partial charge in [0.25, 0.3) is 0 Å². The molecule has 0 aliphatic heterocycles. The van der Waals surface area contributed by atoms with Gasteiger partial charge >= 0.3 is 0 Å². The number of rotatable bonds is 3. The SMILES string of the molecule is CCOC=C(C#N)c1ccc(Cl)cc1.